The molecule has 4 nitrogen and oxygen atoms in total. The Bertz CT molecular complexity index is 436. The number of nitrogens with zero attached hydrogens (tertiary/aromatic N) is 1. The van der Waals surface area contributed by atoms with Crippen LogP contribution in [-0.4, -0.2) is 21.2 Å². The zero-order valence-corrected chi connectivity index (χ0v) is 7.94. The van der Waals surface area contributed by atoms with Crippen molar-refractivity contribution in [1.29, 1.82) is 0 Å². The van der Waals surface area contributed by atoms with Gasteiger partial charge in [-0.05, 0) is 24.6 Å². The van der Waals surface area contributed by atoms with Crippen LogP contribution in [0.4, 0.5) is 0 Å². The highest BCUT2D eigenvalue weighted by Gasteiger charge is 2.12. The minimum atomic E-state index is -0.546. The molecule has 74 valence electrons. The van der Waals surface area contributed by atoms with E-state index in [-0.39, 0.29) is 6.04 Å². The van der Waals surface area contributed by atoms with Gasteiger partial charge in [-0.15, -0.1) is 0 Å². The number of aliphatic hydroxyl groups is 1. The Balaban J connectivity index is 2.43. The second-order valence-corrected chi connectivity index (χ2v) is 3.45. The first-order valence-electron chi connectivity index (χ1n) is 4.55. The summed E-state index contributed by atoms with van der Waals surface area (Å²) in [4.78, 5) is 7.11. The van der Waals surface area contributed by atoms with Gasteiger partial charge in [0.05, 0.1) is 29.5 Å². The third-order valence-corrected chi connectivity index (χ3v) is 2.35. The highest BCUT2D eigenvalue weighted by molar-refractivity contribution is 5.75. The molecule has 0 aliphatic heterocycles. The monoisotopic (exact) mass is 191 g/mol. The van der Waals surface area contributed by atoms with Gasteiger partial charge in [0, 0.05) is 0 Å². The fourth-order valence-corrected chi connectivity index (χ4v) is 1.44. The van der Waals surface area contributed by atoms with Crippen LogP contribution < -0.4 is 5.73 Å². The topological polar surface area (TPSA) is 74.9 Å². The molecule has 0 fully saturated rings. The van der Waals surface area contributed by atoms with Gasteiger partial charge in [-0.1, -0.05) is 6.07 Å². The lowest BCUT2D eigenvalue weighted by Crippen LogP contribution is -2.22. The summed E-state index contributed by atoms with van der Waals surface area (Å²) in [5, 5.41) is 9.35. The van der Waals surface area contributed by atoms with Gasteiger partial charge in [0.1, 0.15) is 0 Å². The predicted molar refractivity (Wildman–Crippen MR) is 54.7 cm³/mol. The van der Waals surface area contributed by atoms with Crippen molar-refractivity contribution in [3.05, 3.63) is 30.1 Å². The van der Waals surface area contributed by atoms with Crippen LogP contribution in [0.2, 0.25) is 0 Å². The molecule has 1 aromatic heterocycles. The van der Waals surface area contributed by atoms with Crippen LogP contribution in [-0.2, 0) is 0 Å². The molecule has 0 saturated carbocycles. The highest BCUT2D eigenvalue weighted by Crippen LogP contribution is 2.18. The maximum atomic E-state index is 9.35. The van der Waals surface area contributed by atoms with Crippen LogP contribution in [0.25, 0.3) is 11.0 Å². The van der Waals surface area contributed by atoms with E-state index in [0.717, 1.165) is 16.6 Å². The van der Waals surface area contributed by atoms with Crippen molar-refractivity contribution in [3.63, 3.8) is 0 Å². The van der Waals surface area contributed by atoms with E-state index in [9.17, 15) is 5.11 Å². The molecular weight excluding hydrogens is 178 g/mol. The number of fused-ring (bicyclic) bond motifs is 1. The van der Waals surface area contributed by atoms with Crippen LogP contribution in [0.15, 0.2) is 24.5 Å². The lowest BCUT2D eigenvalue weighted by Gasteiger charge is -2.14. The molecule has 0 aliphatic rings. The zero-order valence-electron chi connectivity index (χ0n) is 7.94. The molecule has 2 aromatic rings. The standard InChI is InChI=1S/C10H13N3O/c1-6(14)10(11)7-2-3-8-9(4-7)13-5-12-8/h2-6,10,14H,11H2,1H3,(H,12,13). The molecule has 0 bridgehead atoms. The number of nitrogens with two attached hydrogens (primary N) is 1. The van der Waals surface area contributed by atoms with Gasteiger partial charge >= 0.3 is 0 Å². The number of aromatic nitrogens is 2. The smallest absolute Gasteiger partial charge is 0.0931 e. The number of aromatic amines is 1. The SMILES string of the molecule is CC(O)C(N)c1ccc2nc[nH]c2c1. The normalized spacial score (nSPS) is 15.6. The summed E-state index contributed by atoms with van der Waals surface area (Å²) in [6, 6.07) is 5.35. The summed E-state index contributed by atoms with van der Waals surface area (Å²) < 4.78 is 0. The van der Waals surface area contributed by atoms with E-state index in [4.69, 9.17) is 5.73 Å². The van der Waals surface area contributed by atoms with Crippen LogP contribution in [0.1, 0.15) is 18.5 Å². The first-order valence-corrected chi connectivity index (χ1v) is 4.55. The summed E-state index contributed by atoms with van der Waals surface area (Å²) in [5.74, 6) is 0. The number of hydrogen-bond donors (Lipinski definition) is 3. The molecular formula is C10H13N3O. The van der Waals surface area contributed by atoms with E-state index < -0.39 is 6.10 Å². The Kier molecular flexibility index (Phi) is 2.23. The van der Waals surface area contributed by atoms with E-state index in [1.165, 1.54) is 0 Å². The predicted octanol–water partition coefficient (Wildman–Crippen LogP) is 0.944. The second-order valence-electron chi connectivity index (χ2n) is 3.45. The molecule has 0 spiro atoms. The molecule has 4 heteroatoms. The van der Waals surface area contributed by atoms with Gasteiger partial charge in [-0.3, -0.25) is 0 Å². The summed E-state index contributed by atoms with van der Waals surface area (Å²) in [6.45, 7) is 1.68. The van der Waals surface area contributed by atoms with Crippen molar-refractivity contribution in [2.24, 2.45) is 5.73 Å². The number of H-pyrrole nitrogens is 1. The summed E-state index contributed by atoms with van der Waals surface area (Å²) in [6.07, 6.45) is 1.10. The molecule has 2 unspecified atom stereocenters. The summed E-state index contributed by atoms with van der Waals surface area (Å²) in [7, 11) is 0. The minimum Gasteiger partial charge on any atom is -0.391 e. The Morgan fingerprint density at radius 1 is 1.50 bits per heavy atom. The third-order valence-electron chi connectivity index (χ3n) is 2.35. The molecule has 4 N–H and O–H groups in total. The largest absolute Gasteiger partial charge is 0.391 e. The minimum absolute atomic E-state index is 0.345. The fourth-order valence-electron chi connectivity index (χ4n) is 1.44. The Morgan fingerprint density at radius 3 is 3.00 bits per heavy atom. The van der Waals surface area contributed by atoms with Crippen LogP contribution >= 0.6 is 0 Å². The van der Waals surface area contributed by atoms with E-state index in [2.05, 4.69) is 9.97 Å². The second kappa shape index (κ2) is 3.40. The number of nitrogens with one attached hydrogen (secondary N) is 1. The molecule has 2 rings (SSSR count). The molecule has 1 heterocycles. The number of hydrogen-bond acceptors (Lipinski definition) is 3. The maximum Gasteiger partial charge on any atom is 0.0931 e. The van der Waals surface area contributed by atoms with E-state index >= 15 is 0 Å². The first-order chi connectivity index (χ1) is 6.68. The molecule has 0 radical (unpaired) electrons. The van der Waals surface area contributed by atoms with Gasteiger partial charge in [0.25, 0.3) is 0 Å². The van der Waals surface area contributed by atoms with Gasteiger partial charge in [-0.25, -0.2) is 4.98 Å². The van der Waals surface area contributed by atoms with Crippen molar-refractivity contribution in [3.8, 4) is 0 Å². The summed E-state index contributed by atoms with van der Waals surface area (Å²) in [5.41, 5.74) is 8.58. The van der Waals surface area contributed by atoms with Gasteiger partial charge in [-0.2, -0.15) is 0 Å². The van der Waals surface area contributed by atoms with E-state index in [0.29, 0.717) is 0 Å². The summed E-state index contributed by atoms with van der Waals surface area (Å²) >= 11 is 0. The quantitative estimate of drug-likeness (QED) is 0.661. The molecule has 14 heavy (non-hydrogen) atoms. The Hall–Kier alpha value is -1.39. The zero-order chi connectivity index (χ0) is 10.1. The molecule has 2 atom stereocenters. The van der Waals surface area contributed by atoms with Crippen molar-refractivity contribution >= 4 is 11.0 Å². The average Bonchev–Trinajstić information content (AvgIpc) is 2.62. The van der Waals surface area contributed by atoms with Gasteiger partial charge < -0.3 is 15.8 Å². The maximum absolute atomic E-state index is 9.35. The fraction of sp³-hybridized carbons (Fsp3) is 0.300. The van der Waals surface area contributed by atoms with Gasteiger partial charge in [0.2, 0.25) is 0 Å². The van der Waals surface area contributed by atoms with Crippen LogP contribution in [0.5, 0.6) is 0 Å². The first kappa shape index (κ1) is 9.18. The molecule has 0 amide bonds. The van der Waals surface area contributed by atoms with E-state index in [1.54, 1.807) is 13.3 Å². The van der Waals surface area contributed by atoms with Crippen molar-refractivity contribution < 1.29 is 5.11 Å². The Labute approximate surface area is 81.8 Å². The van der Waals surface area contributed by atoms with Crippen LogP contribution in [0.3, 0.4) is 0 Å². The number of rotatable bonds is 2. The Morgan fingerprint density at radius 2 is 2.29 bits per heavy atom. The highest BCUT2D eigenvalue weighted by atomic mass is 16.3. The molecule has 0 saturated heterocycles. The number of benzene rings is 1. The molecule has 1 aromatic carbocycles. The lowest BCUT2D eigenvalue weighted by atomic mass is 10.0. The van der Waals surface area contributed by atoms with Crippen molar-refractivity contribution in [2.75, 3.05) is 0 Å². The molecule has 0 aliphatic carbocycles. The van der Waals surface area contributed by atoms with Crippen molar-refractivity contribution in [2.45, 2.75) is 19.1 Å². The van der Waals surface area contributed by atoms with Gasteiger partial charge in [0.15, 0.2) is 0 Å². The number of aliphatic hydroxyl groups excluding tert-OH is 1. The lowest BCUT2D eigenvalue weighted by molar-refractivity contribution is 0.164. The van der Waals surface area contributed by atoms with Crippen LogP contribution in [0, 0.1) is 0 Å². The average molecular weight is 191 g/mol. The third kappa shape index (κ3) is 1.49. The van der Waals surface area contributed by atoms with E-state index in [1.807, 2.05) is 18.2 Å². The number of imidazole rings is 1. The van der Waals surface area contributed by atoms with Crippen molar-refractivity contribution in [1.82, 2.24) is 9.97 Å².